The van der Waals surface area contributed by atoms with Crippen LogP contribution in [0.5, 0.6) is 0 Å². The van der Waals surface area contributed by atoms with Crippen LogP contribution in [-0.4, -0.2) is 42.8 Å². The Hall–Kier alpha value is -2.23. The zero-order valence-corrected chi connectivity index (χ0v) is 16.3. The van der Waals surface area contributed by atoms with E-state index in [1.54, 1.807) is 0 Å². The van der Waals surface area contributed by atoms with E-state index < -0.39 is 21.9 Å². The molecule has 1 aliphatic heterocycles. The Morgan fingerprint density at radius 3 is 2.59 bits per heavy atom. The highest BCUT2D eigenvalue weighted by Crippen LogP contribution is 2.27. The molecule has 0 bridgehead atoms. The number of anilines is 1. The number of hydrogen-bond acceptors (Lipinski definition) is 5. The number of rotatable bonds is 5. The van der Waals surface area contributed by atoms with Crippen molar-refractivity contribution >= 4 is 38.9 Å². The molecule has 144 valence electrons. The number of carbonyl (C=O) groups excluding carboxylic acids is 1. The fourth-order valence-electron chi connectivity index (χ4n) is 2.98. The lowest BCUT2D eigenvalue weighted by atomic mass is 10.0. The van der Waals surface area contributed by atoms with Gasteiger partial charge in [0.25, 0.3) is 5.91 Å². The summed E-state index contributed by atoms with van der Waals surface area (Å²) in [6, 6.07) is 7.14. The van der Waals surface area contributed by atoms with Gasteiger partial charge in [0.1, 0.15) is 0 Å². The minimum Gasteiger partial charge on any atom is -0.478 e. The SMILES string of the molecule is C[C@H]1CCCN(S(=O)(=O)c2csc(C(=O)Nc3ccc(C(=O)O)cc3)c2)C1. The molecule has 2 heterocycles. The van der Waals surface area contributed by atoms with Crippen LogP contribution < -0.4 is 5.32 Å². The molecule has 1 saturated heterocycles. The van der Waals surface area contributed by atoms with Crippen LogP contribution in [0.1, 0.15) is 39.8 Å². The predicted molar refractivity (Wildman–Crippen MR) is 103 cm³/mol. The van der Waals surface area contributed by atoms with Gasteiger partial charge in [-0.05, 0) is 49.1 Å². The van der Waals surface area contributed by atoms with Crippen molar-refractivity contribution in [3.63, 3.8) is 0 Å². The molecule has 1 atom stereocenters. The van der Waals surface area contributed by atoms with Crippen molar-refractivity contribution in [2.24, 2.45) is 5.92 Å². The van der Waals surface area contributed by atoms with Crippen LogP contribution in [0.2, 0.25) is 0 Å². The number of hydrogen-bond donors (Lipinski definition) is 2. The van der Waals surface area contributed by atoms with E-state index in [1.165, 1.54) is 40.0 Å². The van der Waals surface area contributed by atoms with Gasteiger partial charge in [-0.2, -0.15) is 4.31 Å². The minimum absolute atomic E-state index is 0.119. The fourth-order valence-corrected chi connectivity index (χ4v) is 5.73. The van der Waals surface area contributed by atoms with Gasteiger partial charge in [0.2, 0.25) is 10.0 Å². The Bertz CT molecular complexity index is 950. The highest BCUT2D eigenvalue weighted by Gasteiger charge is 2.30. The highest BCUT2D eigenvalue weighted by molar-refractivity contribution is 7.89. The third-order valence-corrected chi connectivity index (χ3v) is 7.37. The molecular formula is C18H20N2O5S2. The number of nitrogens with one attached hydrogen (secondary N) is 1. The summed E-state index contributed by atoms with van der Waals surface area (Å²) in [4.78, 5) is 23.6. The summed E-state index contributed by atoms with van der Waals surface area (Å²) in [6.07, 6.45) is 1.86. The van der Waals surface area contributed by atoms with Gasteiger partial charge in [-0.1, -0.05) is 6.92 Å². The van der Waals surface area contributed by atoms with Crippen LogP contribution in [-0.2, 0) is 10.0 Å². The normalized spacial score (nSPS) is 18.2. The number of nitrogens with zero attached hydrogens (tertiary/aromatic N) is 1. The van der Waals surface area contributed by atoms with E-state index >= 15 is 0 Å². The van der Waals surface area contributed by atoms with Crippen LogP contribution in [0.4, 0.5) is 5.69 Å². The first-order valence-corrected chi connectivity index (χ1v) is 10.8. The monoisotopic (exact) mass is 408 g/mol. The smallest absolute Gasteiger partial charge is 0.335 e. The Morgan fingerprint density at radius 1 is 1.26 bits per heavy atom. The topological polar surface area (TPSA) is 104 Å². The Balaban J connectivity index is 1.72. The maximum absolute atomic E-state index is 12.8. The average Bonchev–Trinajstić information content (AvgIpc) is 3.13. The average molecular weight is 409 g/mol. The standard InChI is InChI=1S/C18H20N2O5S2/c1-12-3-2-8-20(10-12)27(24,25)15-9-16(26-11-15)17(21)19-14-6-4-13(5-7-14)18(22)23/h4-7,9,11-12H,2-3,8,10H2,1H3,(H,19,21)(H,22,23)/t12-/m0/s1. The Morgan fingerprint density at radius 2 is 1.96 bits per heavy atom. The molecule has 7 nitrogen and oxygen atoms in total. The van der Waals surface area contributed by atoms with Gasteiger partial charge in [0.05, 0.1) is 15.3 Å². The molecule has 0 aliphatic carbocycles. The van der Waals surface area contributed by atoms with Gasteiger partial charge >= 0.3 is 5.97 Å². The summed E-state index contributed by atoms with van der Waals surface area (Å²) in [7, 11) is -3.60. The van der Waals surface area contributed by atoms with Gasteiger partial charge < -0.3 is 10.4 Å². The van der Waals surface area contributed by atoms with E-state index in [-0.39, 0.29) is 15.3 Å². The lowest BCUT2D eigenvalue weighted by molar-refractivity contribution is 0.0696. The van der Waals surface area contributed by atoms with Crippen LogP contribution >= 0.6 is 11.3 Å². The van der Waals surface area contributed by atoms with Crippen molar-refractivity contribution in [3.8, 4) is 0 Å². The maximum atomic E-state index is 12.8. The minimum atomic E-state index is -3.60. The second-order valence-electron chi connectivity index (χ2n) is 6.59. The molecule has 3 rings (SSSR count). The molecular weight excluding hydrogens is 388 g/mol. The van der Waals surface area contributed by atoms with E-state index in [9.17, 15) is 18.0 Å². The predicted octanol–water partition coefficient (Wildman–Crippen LogP) is 3.12. The number of carboxylic acid groups (broad SMARTS) is 1. The van der Waals surface area contributed by atoms with Gasteiger partial charge in [-0.15, -0.1) is 11.3 Å². The summed E-state index contributed by atoms with van der Waals surface area (Å²) in [6.45, 7) is 3.03. The van der Waals surface area contributed by atoms with Crippen molar-refractivity contribution in [2.45, 2.75) is 24.7 Å². The zero-order valence-electron chi connectivity index (χ0n) is 14.7. The molecule has 0 radical (unpaired) electrons. The van der Waals surface area contributed by atoms with Gasteiger partial charge in [0.15, 0.2) is 0 Å². The first-order valence-electron chi connectivity index (χ1n) is 8.51. The molecule has 1 amide bonds. The summed E-state index contributed by atoms with van der Waals surface area (Å²) >= 11 is 1.06. The summed E-state index contributed by atoms with van der Waals surface area (Å²) in [5.41, 5.74) is 0.556. The van der Waals surface area contributed by atoms with E-state index in [2.05, 4.69) is 5.32 Å². The number of thiophene rings is 1. The van der Waals surface area contributed by atoms with Crippen molar-refractivity contribution < 1.29 is 23.1 Å². The third kappa shape index (κ3) is 4.37. The first-order chi connectivity index (χ1) is 12.8. The number of aromatic carboxylic acids is 1. The quantitative estimate of drug-likeness (QED) is 0.791. The van der Waals surface area contributed by atoms with Gasteiger partial charge in [-0.3, -0.25) is 4.79 Å². The molecule has 1 aliphatic rings. The molecule has 2 aromatic rings. The number of benzene rings is 1. The molecule has 0 spiro atoms. The summed E-state index contributed by atoms with van der Waals surface area (Å²) < 4.78 is 27.0. The van der Waals surface area contributed by atoms with E-state index in [4.69, 9.17) is 5.11 Å². The molecule has 9 heteroatoms. The third-order valence-electron chi connectivity index (χ3n) is 4.45. The highest BCUT2D eigenvalue weighted by atomic mass is 32.2. The van der Waals surface area contributed by atoms with Crippen LogP contribution in [0, 0.1) is 5.92 Å². The van der Waals surface area contributed by atoms with Crippen molar-refractivity contribution in [2.75, 3.05) is 18.4 Å². The molecule has 0 unspecified atom stereocenters. The van der Waals surface area contributed by atoms with Gasteiger partial charge in [-0.25, -0.2) is 13.2 Å². The van der Waals surface area contributed by atoms with Crippen LogP contribution in [0.15, 0.2) is 40.6 Å². The van der Waals surface area contributed by atoms with Crippen molar-refractivity contribution in [3.05, 3.63) is 46.2 Å². The molecule has 1 aromatic heterocycles. The Labute approximate surface area is 161 Å². The van der Waals surface area contributed by atoms with E-state index in [0.717, 1.165) is 24.2 Å². The first kappa shape index (κ1) is 19.5. The molecule has 1 fully saturated rings. The number of amides is 1. The summed E-state index contributed by atoms with van der Waals surface area (Å²) in [5.74, 6) is -1.16. The fraction of sp³-hybridized carbons (Fsp3) is 0.333. The second-order valence-corrected chi connectivity index (χ2v) is 9.44. The van der Waals surface area contributed by atoms with E-state index in [1.807, 2.05) is 6.92 Å². The molecule has 0 saturated carbocycles. The number of sulfonamides is 1. The number of carbonyl (C=O) groups is 2. The van der Waals surface area contributed by atoms with Crippen molar-refractivity contribution in [1.29, 1.82) is 0 Å². The van der Waals surface area contributed by atoms with Crippen molar-refractivity contribution in [1.82, 2.24) is 4.31 Å². The molecule has 27 heavy (non-hydrogen) atoms. The zero-order chi connectivity index (χ0) is 19.6. The molecule has 1 aromatic carbocycles. The second kappa shape index (κ2) is 7.79. The number of carboxylic acids is 1. The lowest BCUT2D eigenvalue weighted by Gasteiger charge is -2.29. The lowest BCUT2D eigenvalue weighted by Crippen LogP contribution is -2.38. The Kier molecular flexibility index (Phi) is 5.64. The van der Waals surface area contributed by atoms with Crippen LogP contribution in [0.25, 0.3) is 0 Å². The number of piperidine rings is 1. The summed E-state index contributed by atoms with van der Waals surface area (Å²) in [5, 5.41) is 13.0. The largest absolute Gasteiger partial charge is 0.478 e. The van der Waals surface area contributed by atoms with Crippen LogP contribution in [0.3, 0.4) is 0 Å². The van der Waals surface area contributed by atoms with Gasteiger partial charge in [0, 0.05) is 24.2 Å². The van der Waals surface area contributed by atoms with E-state index in [0.29, 0.717) is 24.7 Å². The molecule has 2 N–H and O–H groups in total. The maximum Gasteiger partial charge on any atom is 0.335 e.